The first kappa shape index (κ1) is 11.2. The summed E-state index contributed by atoms with van der Waals surface area (Å²) in [6, 6.07) is 6.63. The van der Waals surface area contributed by atoms with Gasteiger partial charge in [0, 0.05) is 12.5 Å². The molecule has 92 valence electrons. The normalized spacial score (nSPS) is 24.9. The molecule has 0 amide bonds. The second kappa shape index (κ2) is 4.77. The molecule has 2 atom stereocenters. The molecule has 17 heavy (non-hydrogen) atoms. The van der Waals surface area contributed by atoms with Crippen molar-refractivity contribution in [1.29, 1.82) is 0 Å². The van der Waals surface area contributed by atoms with Gasteiger partial charge in [0.2, 0.25) is 0 Å². The molecule has 2 aliphatic rings. The lowest BCUT2D eigenvalue weighted by Gasteiger charge is -2.16. The van der Waals surface area contributed by atoms with Crippen LogP contribution in [0.15, 0.2) is 18.2 Å². The fraction of sp³-hybridized carbons (Fsp3) is 0.600. The highest BCUT2D eigenvalue weighted by Gasteiger charge is 2.24. The molecule has 1 saturated heterocycles. The van der Waals surface area contributed by atoms with E-state index in [9.17, 15) is 4.39 Å². The van der Waals surface area contributed by atoms with Crippen molar-refractivity contribution in [3.8, 4) is 0 Å². The summed E-state index contributed by atoms with van der Waals surface area (Å²) in [6.07, 6.45) is 5.62. The van der Waals surface area contributed by atoms with Crippen LogP contribution in [0.2, 0.25) is 0 Å². The lowest BCUT2D eigenvalue weighted by atomic mass is 9.99. The Hall–Kier alpha value is -0.890. The number of nitrogens with one attached hydrogen (secondary N) is 1. The zero-order valence-electron chi connectivity index (χ0n) is 10.2. The summed E-state index contributed by atoms with van der Waals surface area (Å²) in [7, 11) is 0. The first-order valence-electron chi connectivity index (χ1n) is 6.81. The molecule has 0 aromatic heterocycles. The molecule has 1 aliphatic heterocycles. The topological polar surface area (TPSA) is 12.0 Å². The fourth-order valence-electron chi connectivity index (χ4n) is 3.14. The standard InChI is InChI=1S/C15H20FN/c16-14(15-5-2-8-17-15)10-11-6-7-12-3-1-4-13(12)9-11/h6-7,9,14-15,17H,1-5,8,10H2. The van der Waals surface area contributed by atoms with E-state index in [1.165, 1.54) is 36.0 Å². The van der Waals surface area contributed by atoms with Gasteiger partial charge in [0.1, 0.15) is 6.17 Å². The van der Waals surface area contributed by atoms with Crippen LogP contribution in [0, 0.1) is 0 Å². The van der Waals surface area contributed by atoms with Crippen molar-refractivity contribution in [2.45, 2.75) is 50.7 Å². The Morgan fingerprint density at radius 1 is 1.24 bits per heavy atom. The molecular formula is C15H20FN. The van der Waals surface area contributed by atoms with Gasteiger partial charge >= 0.3 is 0 Å². The Balaban J connectivity index is 1.68. The molecule has 2 unspecified atom stereocenters. The molecule has 1 nitrogen and oxygen atoms in total. The first-order chi connectivity index (χ1) is 8.33. The molecule has 0 saturated carbocycles. The van der Waals surface area contributed by atoms with Crippen LogP contribution in [0.4, 0.5) is 4.39 Å². The van der Waals surface area contributed by atoms with E-state index in [-0.39, 0.29) is 6.04 Å². The maximum Gasteiger partial charge on any atom is 0.119 e. The number of aryl methyl sites for hydroxylation is 2. The number of halogens is 1. The molecule has 1 aromatic carbocycles. The minimum atomic E-state index is -0.725. The molecule has 2 heteroatoms. The summed E-state index contributed by atoms with van der Waals surface area (Å²) in [5, 5.41) is 3.25. The number of hydrogen-bond donors (Lipinski definition) is 1. The summed E-state index contributed by atoms with van der Waals surface area (Å²) in [4.78, 5) is 0. The minimum absolute atomic E-state index is 0.0863. The number of fused-ring (bicyclic) bond motifs is 1. The number of benzene rings is 1. The summed E-state index contributed by atoms with van der Waals surface area (Å²) in [6.45, 7) is 0.981. The minimum Gasteiger partial charge on any atom is -0.311 e. The summed E-state index contributed by atoms with van der Waals surface area (Å²) in [5.74, 6) is 0. The number of alkyl halides is 1. The van der Waals surface area contributed by atoms with Crippen molar-refractivity contribution in [3.05, 3.63) is 34.9 Å². The fourth-order valence-corrected chi connectivity index (χ4v) is 3.14. The molecule has 0 bridgehead atoms. The van der Waals surface area contributed by atoms with Gasteiger partial charge in [-0.3, -0.25) is 0 Å². The average molecular weight is 233 g/mol. The predicted octanol–water partition coefficient (Wildman–Crippen LogP) is 2.81. The zero-order valence-corrected chi connectivity index (χ0v) is 10.2. The van der Waals surface area contributed by atoms with Gasteiger partial charge in [-0.2, -0.15) is 0 Å². The van der Waals surface area contributed by atoms with Crippen molar-refractivity contribution in [2.24, 2.45) is 0 Å². The largest absolute Gasteiger partial charge is 0.311 e. The summed E-state index contributed by atoms with van der Waals surface area (Å²) >= 11 is 0. The molecule has 0 spiro atoms. The van der Waals surface area contributed by atoms with E-state index in [1.54, 1.807) is 0 Å². The summed E-state index contributed by atoms with van der Waals surface area (Å²) in [5.41, 5.74) is 4.10. The Labute approximate surface area is 102 Å². The average Bonchev–Trinajstić information content (AvgIpc) is 2.99. The second-order valence-corrected chi connectivity index (χ2v) is 5.38. The van der Waals surface area contributed by atoms with Crippen LogP contribution in [0.25, 0.3) is 0 Å². The third kappa shape index (κ3) is 2.37. The van der Waals surface area contributed by atoms with Gasteiger partial charge in [0.25, 0.3) is 0 Å². The highest BCUT2D eigenvalue weighted by molar-refractivity contribution is 5.35. The molecular weight excluding hydrogens is 213 g/mol. The van der Waals surface area contributed by atoms with E-state index in [2.05, 4.69) is 23.5 Å². The van der Waals surface area contributed by atoms with Crippen molar-refractivity contribution < 1.29 is 4.39 Å². The van der Waals surface area contributed by atoms with Gasteiger partial charge in [0.05, 0.1) is 0 Å². The van der Waals surface area contributed by atoms with Crippen LogP contribution in [-0.2, 0) is 19.3 Å². The van der Waals surface area contributed by atoms with Crippen molar-refractivity contribution in [1.82, 2.24) is 5.32 Å². The highest BCUT2D eigenvalue weighted by Crippen LogP contribution is 2.24. The van der Waals surface area contributed by atoms with Crippen LogP contribution < -0.4 is 5.32 Å². The Morgan fingerprint density at radius 3 is 2.94 bits per heavy atom. The number of rotatable bonds is 3. The lowest BCUT2D eigenvalue weighted by Crippen LogP contribution is -2.33. The van der Waals surface area contributed by atoms with Crippen LogP contribution in [-0.4, -0.2) is 18.8 Å². The van der Waals surface area contributed by atoms with Crippen molar-refractivity contribution >= 4 is 0 Å². The van der Waals surface area contributed by atoms with Crippen LogP contribution >= 0.6 is 0 Å². The Kier molecular flexibility index (Phi) is 3.15. The van der Waals surface area contributed by atoms with E-state index >= 15 is 0 Å². The molecule has 1 aliphatic carbocycles. The Bertz CT molecular complexity index is 396. The Morgan fingerprint density at radius 2 is 2.12 bits per heavy atom. The molecule has 1 aromatic rings. The van der Waals surface area contributed by atoms with Gasteiger partial charge in [-0.05, 0) is 55.3 Å². The lowest BCUT2D eigenvalue weighted by molar-refractivity contribution is 0.263. The molecule has 1 N–H and O–H groups in total. The van der Waals surface area contributed by atoms with Crippen molar-refractivity contribution in [3.63, 3.8) is 0 Å². The van der Waals surface area contributed by atoms with E-state index in [0.717, 1.165) is 19.4 Å². The first-order valence-corrected chi connectivity index (χ1v) is 6.81. The van der Waals surface area contributed by atoms with Crippen LogP contribution in [0.1, 0.15) is 36.0 Å². The van der Waals surface area contributed by atoms with Gasteiger partial charge in [0.15, 0.2) is 0 Å². The molecule has 1 fully saturated rings. The van der Waals surface area contributed by atoms with Gasteiger partial charge in [-0.25, -0.2) is 4.39 Å². The number of hydrogen-bond acceptors (Lipinski definition) is 1. The van der Waals surface area contributed by atoms with E-state index in [4.69, 9.17) is 0 Å². The van der Waals surface area contributed by atoms with Gasteiger partial charge in [-0.1, -0.05) is 18.2 Å². The zero-order chi connectivity index (χ0) is 11.7. The maximum atomic E-state index is 14.1. The third-order valence-electron chi connectivity index (χ3n) is 4.13. The van der Waals surface area contributed by atoms with E-state index < -0.39 is 6.17 Å². The SMILES string of the molecule is FC(Cc1ccc2c(c1)CCC2)C1CCCN1. The highest BCUT2D eigenvalue weighted by atomic mass is 19.1. The second-order valence-electron chi connectivity index (χ2n) is 5.38. The van der Waals surface area contributed by atoms with E-state index in [0.29, 0.717) is 6.42 Å². The van der Waals surface area contributed by atoms with Gasteiger partial charge < -0.3 is 5.32 Å². The molecule has 3 rings (SSSR count). The third-order valence-corrected chi connectivity index (χ3v) is 4.13. The predicted molar refractivity (Wildman–Crippen MR) is 68.1 cm³/mol. The maximum absolute atomic E-state index is 14.1. The monoisotopic (exact) mass is 233 g/mol. The van der Waals surface area contributed by atoms with Crippen molar-refractivity contribution in [2.75, 3.05) is 6.54 Å². The van der Waals surface area contributed by atoms with E-state index in [1.807, 2.05) is 0 Å². The summed E-state index contributed by atoms with van der Waals surface area (Å²) < 4.78 is 14.1. The van der Waals surface area contributed by atoms with Crippen LogP contribution in [0.3, 0.4) is 0 Å². The smallest absolute Gasteiger partial charge is 0.119 e. The van der Waals surface area contributed by atoms with Crippen LogP contribution in [0.5, 0.6) is 0 Å². The molecule has 0 radical (unpaired) electrons. The molecule has 1 heterocycles. The van der Waals surface area contributed by atoms with Gasteiger partial charge in [-0.15, -0.1) is 0 Å². The quantitative estimate of drug-likeness (QED) is 0.846.